The van der Waals surface area contributed by atoms with E-state index in [1.165, 1.54) is 22.8 Å². The summed E-state index contributed by atoms with van der Waals surface area (Å²) in [5.41, 5.74) is 8.30. The molecule has 1 saturated heterocycles. The minimum absolute atomic E-state index is 0.211. The number of anilines is 1. The molecule has 0 radical (unpaired) electrons. The Balaban J connectivity index is 1.53. The lowest BCUT2D eigenvalue weighted by Gasteiger charge is -2.29. The predicted molar refractivity (Wildman–Crippen MR) is 147 cm³/mol. The lowest BCUT2D eigenvalue weighted by molar-refractivity contribution is -0.124. The van der Waals surface area contributed by atoms with Crippen molar-refractivity contribution >= 4 is 29.1 Å². The number of ether oxygens (including phenoxy) is 3. The number of primary amides is 1. The number of benzene rings is 2. The highest BCUT2D eigenvalue weighted by Gasteiger charge is 2.30. The van der Waals surface area contributed by atoms with E-state index in [1.54, 1.807) is 18.3 Å². The topological polar surface area (TPSA) is 122 Å². The molecule has 2 aromatic carbocycles. The van der Waals surface area contributed by atoms with E-state index in [0.717, 1.165) is 17.5 Å². The van der Waals surface area contributed by atoms with E-state index in [4.69, 9.17) is 31.5 Å². The molecular weight excluding hydrogens is 522 g/mol. The van der Waals surface area contributed by atoms with E-state index >= 15 is 0 Å². The third-order valence-corrected chi connectivity index (χ3v) is 7.18. The van der Waals surface area contributed by atoms with E-state index in [-0.39, 0.29) is 24.0 Å². The van der Waals surface area contributed by atoms with Crippen LogP contribution in [0.2, 0.25) is 5.02 Å². The molecule has 0 aliphatic carbocycles. The summed E-state index contributed by atoms with van der Waals surface area (Å²) < 4.78 is 18.9. The first-order valence-corrected chi connectivity index (χ1v) is 13.2. The summed E-state index contributed by atoms with van der Waals surface area (Å²) in [5.74, 6) is -0.256. The molecule has 2 aliphatic rings. The molecule has 3 heterocycles. The minimum Gasteiger partial charge on any atom is -0.491 e. The Morgan fingerprint density at radius 2 is 1.90 bits per heavy atom. The maximum Gasteiger partial charge on any atom is 0.252 e. The van der Waals surface area contributed by atoms with Gasteiger partial charge in [-0.05, 0) is 59.9 Å². The van der Waals surface area contributed by atoms with Gasteiger partial charge < -0.3 is 25.3 Å². The van der Waals surface area contributed by atoms with Crippen LogP contribution < -0.4 is 21.3 Å². The molecule has 39 heavy (non-hydrogen) atoms. The molecule has 0 saturated carbocycles. The van der Waals surface area contributed by atoms with Gasteiger partial charge in [0.15, 0.2) is 0 Å². The molecule has 3 aromatic rings. The predicted octanol–water partition coefficient (Wildman–Crippen LogP) is 3.82. The highest BCUT2D eigenvalue weighted by molar-refractivity contribution is 6.30. The van der Waals surface area contributed by atoms with Crippen molar-refractivity contribution in [3.8, 4) is 16.9 Å². The van der Waals surface area contributed by atoms with Gasteiger partial charge >= 0.3 is 0 Å². The molecule has 204 valence electrons. The number of fused-ring (bicyclic) bond motifs is 3. The van der Waals surface area contributed by atoms with Crippen molar-refractivity contribution < 1.29 is 23.8 Å². The molecule has 5 rings (SSSR count). The summed E-state index contributed by atoms with van der Waals surface area (Å²) in [6.07, 6.45) is 2.22. The van der Waals surface area contributed by atoms with Crippen LogP contribution >= 0.6 is 11.6 Å². The molecule has 0 unspecified atom stereocenters. The number of halogens is 1. The highest BCUT2D eigenvalue weighted by atomic mass is 35.5. The summed E-state index contributed by atoms with van der Waals surface area (Å²) in [6, 6.07) is 12.5. The summed E-state index contributed by atoms with van der Waals surface area (Å²) in [5, 5.41) is 3.41. The fourth-order valence-corrected chi connectivity index (χ4v) is 5.13. The van der Waals surface area contributed by atoms with Gasteiger partial charge in [-0.25, -0.2) is 0 Å². The van der Waals surface area contributed by atoms with Gasteiger partial charge in [0.05, 0.1) is 38.7 Å². The lowest BCUT2D eigenvalue weighted by Crippen LogP contribution is -2.38. The number of carbonyl (C=O) groups excluding carboxylic acids is 2. The van der Waals surface area contributed by atoms with Gasteiger partial charge in [0.1, 0.15) is 11.8 Å². The Kier molecular flexibility index (Phi) is 8.02. The van der Waals surface area contributed by atoms with Gasteiger partial charge in [-0.1, -0.05) is 24.6 Å². The number of hydrogen-bond donors (Lipinski definition) is 2. The second kappa shape index (κ2) is 11.6. The zero-order chi connectivity index (χ0) is 27.5. The zero-order valence-electron chi connectivity index (χ0n) is 21.5. The first-order chi connectivity index (χ1) is 18.8. The molecule has 1 fully saturated rings. The first kappa shape index (κ1) is 26.9. The SMILES string of the molecule is C[C@H]1COc2cn([C@@H](C[C@@H]3COCCO3)C(=O)Nc3ccc(C(N)=O)cc3)c(=O)cc2-c2cc(Cl)ccc2C1. The Bertz CT molecular complexity index is 1430. The molecule has 1 aromatic heterocycles. The summed E-state index contributed by atoms with van der Waals surface area (Å²) >= 11 is 6.32. The van der Waals surface area contributed by atoms with Gasteiger partial charge in [0, 0.05) is 34.3 Å². The van der Waals surface area contributed by atoms with Crippen LogP contribution in [0.25, 0.3) is 11.1 Å². The molecule has 0 bridgehead atoms. The van der Waals surface area contributed by atoms with E-state index in [0.29, 0.717) is 54.0 Å². The molecule has 0 spiro atoms. The lowest BCUT2D eigenvalue weighted by atomic mass is 9.92. The summed E-state index contributed by atoms with van der Waals surface area (Å²) in [4.78, 5) is 38.6. The molecule has 10 heteroatoms. The van der Waals surface area contributed by atoms with Crippen LogP contribution in [0.15, 0.2) is 59.5 Å². The molecule has 9 nitrogen and oxygen atoms in total. The normalized spacial score (nSPS) is 19.4. The van der Waals surface area contributed by atoms with Crippen molar-refractivity contribution in [3.05, 3.63) is 81.2 Å². The standard InChI is InChI=1S/C29H30ClN3O6/c1-17-10-19-2-5-20(30)11-23(19)24-13-27(34)33(14-26(24)39-15-17)25(12-22-16-37-8-9-38-22)29(36)32-21-6-3-18(4-7-21)28(31)35/h2-7,11,13-14,17,22,25H,8-10,12,15-16H2,1H3,(H2,31,35)(H,32,36)/t17-,22-,25+/m1/s1. The van der Waals surface area contributed by atoms with Crippen molar-refractivity contribution in [2.24, 2.45) is 11.7 Å². The highest BCUT2D eigenvalue weighted by Crippen LogP contribution is 2.37. The van der Waals surface area contributed by atoms with Gasteiger partial charge in [-0.15, -0.1) is 0 Å². The number of pyridine rings is 1. The van der Waals surface area contributed by atoms with Gasteiger partial charge in [0.25, 0.3) is 5.56 Å². The molecule has 3 atom stereocenters. The fraction of sp³-hybridized carbons (Fsp3) is 0.345. The molecule has 3 N–H and O–H groups in total. The average molecular weight is 552 g/mol. The van der Waals surface area contributed by atoms with Crippen LogP contribution in [-0.4, -0.2) is 48.9 Å². The maximum absolute atomic E-state index is 13.6. The van der Waals surface area contributed by atoms with Crippen LogP contribution in [-0.2, 0) is 20.7 Å². The number of amides is 2. The van der Waals surface area contributed by atoms with Crippen LogP contribution in [0, 0.1) is 5.92 Å². The monoisotopic (exact) mass is 551 g/mol. The fourth-order valence-electron chi connectivity index (χ4n) is 4.95. The van der Waals surface area contributed by atoms with Crippen LogP contribution in [0.1, 0.15) is 35.3 Å². The van der Waals surface area contributed by atoms with Crippen molar-refractivity contribution in [1.82, 2.24) is 4.57 Å². The number of nitrogens with two attached hydrogens (primary N) is 1. The Hall–Kier alpha value is -3.66. The van der Waals surface area contributed by atoms with E-state index < -0.39 is 17.9 Å². The number of hydrogen-bond acceptors (Lipinski definition) is 6. The second-order valence-electron chi connectivity index (χ2n) is 9.97. The van der Waals surface area contributed by atoms with E-state index in [2.05, 4.69) is 12.2 Å². The first-order valence-electron chi connectivity index (χ1n) is 12.9. The number of aromatic nitrogens is 1. The van der Waals surface area contributed by atoms with Crippen molar-refractivity contribution in [1.29, 1.82) is 0 Å². The van der Waals surface area contributed by atoms with Gasteiger partial charge in [-0.3, -0.25) is 19.0 Å². The van der Waals surface area contributed by atoms with Crippen molar-refractivity contribution in [3.63, 3.8) is 0 Å². The zero-order valence-corrected chi connectivity index (χ0v) is 22.3. The maximum atomic E-state index is 13.6. The number of nitrogens with zero attached hydrogens (tertiary/aromatic N) is 1. The average Bonchev–Trinajstić information content (AvgIpc) is 2.92. The van der Waals surface area contributed by atoms with E-state index in [9.17, 15) is 14.4 Å². The van der Waals surface area contributed by atoms with Gasteiger partial charge in [-0.2, -0.15) is 0 Å². The van der Waals surface area contributed by atoms with Crippen molar-refractivity contribution in [2.75, 3.05) is 31.7 Å². The number of nitrogens with one attached hydrogen (secondary N) is 1. The minimum atomic E-state index is -0.921. The quantitative estimate of drug-likeness (QED) is 0.480. The Labute approximate surface area is 230 Å². The second-order valence-corrected chi connectivity index (χ2v) is 10.4. The largest absolute Gasteiger partial charge is 0.491 e. The van der Waals surface area contributed by atoms with Crippen molar-refractivity contribution in [2.45, 2.75) is 31.9 Å². The molecular formula is C29H30ClN3O6. The molecule has 2 amide bonds. The van der Waals surface area contributed by atoms with Crippen LogP contribution in [0.5, 0.6) is 5.75 Å². The Morgan fingerprint density at radius 1 is 1.10 bits per heavy atom. The molecule has 2 aliphatic heterocycles. The summed E-state index contributed by atoms with van der Waals surface area (Å²) in [6.45, 7) is 3.75. The number of carbonyl (C=O) groups is 2. The van der Waals surface area contributed by atoms with E-state index in [1.807, 2.05) is 18.2 Å². The smallest absolute Gasteiger partial charge is 0.252 e. The van der Waals surface area contributed by atoms with Crippen LogP contribution in [0.3, 0.4) is 0 Å². The number of rotatable bonds is 6. The Morgan fingerprint density at radius 3 is 2.62 bits per heavy atom. The third-order valence-electron chi connectivity index (χ3n) is 6.94. The van der Waals surface area contributed by atoms with Gasteiger partial charge in [0.2, 0.25) is 11.8 Å². The van der Waals surface area contributed by atoms with Crippen LogP contribution in [0.4, 0.5) is 5.69 Å². The third kappa shape index (κ3) is 6.16. The summed E-state index contributed by atoms with van der Waals surface area (Å²) in [7, 11) is 0.